The predicted molar refractivity (Wildman–Crippen MR) is 66.8 cm³/mol. The fraction of sp³-hybridized carbons (Fsp3) is 0.214. The maximum atomic E-state index is 13.6. The molecular weight excluding hydrogens is 264 g/mol. The third-order valence-corrected chi connectivity index (χ3v) is 3.33. The smallest absolute Gasteiger partial charge is 0.257 e. The van der Waals surface area contributed by atoms with Gasteiger partial charge in [-0.1, -0.05) is 6.07 Å². The number of amides is 1. The Morgan fingerprint density at radius 2 is 2.05 bits per heavy atom. The van der Waals surface area contributed by atoms with Gasteiger partial charge in [-0.15, -0.1) is 0 Å². The molecule has 3 rings (SSSR count). The van der Waals surface area contributed by atoms with E-state index in [1.54, 1.807) is 12.3 Å². The molecule has 2 aromatic heterocycles. The fourth-order valence-corrected chi connectivity index (χ4v) is 2.29. The van der Waals surface area contributed by atoms with Crippen molar-refractivity contribution in [2.24, 2.45) is 0 Å². The normalized spacial score (nSPS) is 14.0. The van der Waals surface area contributed by atoms with Gasteiger partial charge in [-0.3, -0.25) is 9.78 Å². The average Bonchev–Trinajstić information content (AvgIpc) is 2.49. The first-order chi connectivity index (χ1) is 9.66. The van der Waals surface area contributed by atoms with Gasteiger partial charge in [-0.2, -0.15) is 4.39 Å². The molecule has 0 bridgehead atoms. The molecule has 20 heavy (non-hydrogen) atoms. The number of aromatic nitrogens is 2. The van der Waals surface area contributed by atoms with Gasteiger partial charge in [0.25, 0.3) is 5.91 Å². The molecule has 2 aromatic rings. The van der Waals surface area contributed by atoms with Gasteiger partial charge < -0.3 is 4.90 Å². The summed E-state index contributed by atoms with van der Waals surface area (Å²) >= 11 is 0. The van der Waals surface area contributed by atoms with E-state index in [1.165, 1.54) is 11.0 Å². The summed E-state index contributed by atoms with van der Waals surface area (Å²) in [6.45, 7) is 0.789. The minimum atomic E-state index is -1.25. The van der Waals surface area contributed by atoms with Gasteiger partial charge >= 0.3 is 0 Å². The third kappa shape index (κ3) is 2.13. The van der Waals surface area contributed by atoms with Crippen LogP contribution >= 0.6 is 0 Å². The number of carbonyl (C=O) groups excluding carboxylic acids is 1. The van der Waals surface area contributed by atoms with Crippen LogP contribution in [0.3, 0.4) is 0 Å². The molecule has 1 aliphatic heterocycles. The maximum Gasteiger partial charge on any atom is 0.257 e. The summed E-state index contributed by atoms with van der Waals surface area (Å²) in [5, 5.41) is 0. The largest absolute Gasteiger partial charge is 0.334 e. The highest BCUT2D eigenvalue weighted by Gasteiger charge is 2.25. The highest BCUT2D eigenvalue weighted by atomic mass is 19.2. The Kier molecular flexibility index (Phi) is 3.14. The molecule has 0 fully saturated rings. The van der Waals surface area contributed by atoms with Gasteiger partial charge in [0, 0.05) is 37.6 Å². The monoisotopic (exact) mass is 275 g/mol. The van der Waals surface area contributed by atoms with Crippen molar-refractivity contribution in [1.82, 2.24) is 14.9 Å². The van der Waals surface area contributed by atoms with Gasteiger partial charge in [0.2, 0.25) is 5.95 Å². The van der Waals surface area contributed by atoms with Crippen molar-refractivity contribution in [3.63, 3.8) is 0 Å². The Bertz CT molecular complexity index is 675. The molecule has 0 aromatic carbocycles. The lowest BCUT2D eigenvalue weighted by Gasteiger charge is -2.28. The summed E-state index contributed by atoms with van der Waals surface area (Å²) < 4.78 is 26.7. The summed E-state index contributed by atoms with van der Waals surface area (Å²) in [6, 6.07) is 4.87. The lowest BCUT2D eigenvalue weighted by Crippen LogP contribution is -2.36. The van der Waals surface area contributed by atoms with Crippen molar-refractivity contribution in [2.75, 3.05) is 6.54 Å². The van der Waals surface area contributed by atoms with E-state index in [9.17, 15) is 13.6 Å². The van der Waals surface area contributed by atoms with Crippen molar-refractivity contribution in [3.05, 3.63) is 59.2 Å². The summed E-state index contributed by atoms with van der Waals surface area (Å²) in [5.74, 6) is -2.98. The molecule has 0 N–H and O–H groups in total. The summed E-state index contributed by atoms with van der Waals surface area (Å²) in [6.07, 6.45) is 3.40. The Labute approximate surface area is 114 Å². The molecular formula is C14H11F2N3O. The molecule has 0 radical (unpaired) electrons. The van der Waals surface area contributed by atoms with Crippen LogP contribution in [0.5, 0.6) is 0 Å². The molecule has 4 nitrogen and oxygen atoms in total. The number of hydrogen-bond donors (Lipinski definition) is 0. The zero-order valence-electron chi connectivity index (χ0n) is 10.5. The van der Waals surface area contributed by atoms with Crippen LogP contribution < -0.4 is 0 Å². The second-order valence-electron chi connectivity index (χ2n) is 4.55. The Hall–Kier alpha value is -2.37. The molecule has 0 aliphatic carbocycles. The topological polar surface area (TPSA) is 46.1 Å². The molecule has 0 spiro atoms. The van der Waals surface area contributed by atoms with Crippen molar-refractivity contribution in [1.29, 1.82) is 0 Å². The van der Waals surface area contributed by atoms with E-state index in [0.717, 1.165) is 17.5 Å². The highest BCUT2D eigenvalue weighted by molar-refractivity contribution is 5.94. The summed E-state index contributed by atoms with van der Waals surface area (Å²) in [5.41, 5.74) is 1.59. The standard InChI is InChI=1S/C14H11F2N3O/c15-12-10(3-6-18-13(12)16)14(20)19-7-4-11-9(8-19)2-1-5-17-11/h1-3,5-6H,4,7-8H2. The second kappa shape index (κ2) is 4.96. The van der Waals surface area contributed by atoms with Gasteiger partial charge in [0.15, 0.2) is 5.82 Å². The average molecular weight is 275 g/mol. The van der Waals surface area contributed by atoms with Gasteiger partial charge in [0.1, 0.15) is 0 Å². The van der Waals surface area contributed by atoms with E-state index >= 15 is 0 Å². The molecule has 0 saturated heterocycles. The predicted octanol–water partition coefficient (Wildman–Crippen LogP) is 1.95. The first-order valence-electron chi connectivity index (χ1n) is 6.19. The first kappa shape index (κ1) is 12.7. The van der Waals surface area contributed by atoms with Crippen molar-refractivity contribution in [3.8, 4) is 0 Å². The molecule has 1 amide bonds. The van der Waals surface area contributed by atoms with Crippen LogP contribution in [0.15, 0.2) is 30.6 Å². The van der Waals surface area contributed by atoms with Gasteiger partial charge in [-0.05, 0) is 17.7 Å². The van der Waals surface area contributed by atoms with Crippen molar-refractivity contribution < 1.29 is 13.6 Å². The van der Waals surface area contributed by atoms with Crippen LogP contribution in [0.1, 0.15) is 21.6 Å². The number of carbonyl (C=O) groups is 1. The molecule has 3 heterocycles. The SMILES string of the molecule is O=C(c1ccnc(F)c1F)N1CCc2ncccc2C1. The van der Waals surface area contributed by atoms with E-state index in [0.29, 0.717) is 19.5 Å². The van der Waals surface area contributed by atoms with Crippen molar-refractivity contribution >= 4 is 5.91 Å². The summed E-state index contributed by atoms with van der Waals surface area (Å²) in [7, 11) is 0. The number of fused-ring (bicyclic) bond motifs is 1. The number of hydrogen-bond acceptors (Lipinski definition) is 3. The number of nitrogens with zero attached hydrogens (tertiary/aromatic N) is 3. The van der Waals surface area contributed by atoms with E-state index < -0.39 is 17.7 Å². The Balaban J connectivity index is 1.88. The lowest BCUT2D eigenvalue weighted by atomic mass is 10.0. The van der Waals surface area contributed by atoms with Crippen LogP contribution in [0.2, 0.25) is 0 Å². The lowest BCUT2D eigenvalue weighted by molar-refractivity contribution is 0.0727. The van der Waals surface area contributed by atoms with Gasteiger partial charge in [-0.25, -0.2) is 9.37 Å². The zero-order valence-corrected chi connectivity index (χ0v) is 10.5. The summed E-state index contributed by atoms with van der Waals surface area (Å²) in [4.78, 5) is 21.2. The number of pyridine rings is 2. The molecule has 102 valence electrons. The molecule has 0 atom stereocenters. The van der Waals surface area contributed by atoms with Crippen LogP contribution in [0, 0.1) is 11.8 Å². The Morgan fingerprint density at radius 1 is 1.20 bits per heavy atom. The highest BCUT2D eigenvalue weighted by Crippen LogP contribution is 2.20. The van der Waals surface area contributed by atoms with E-state index in [1.807, 2.05) is 6.07 Å². The fourth-order valence-electron chi connectivity index (χ4n) is 2.29. The third-order valence-electron chi connectivity index (χ3n) is 3.33. The van der Waals surface area contributed by atoms with Crippen LogP contribution in [0.25, 0.3) is 0 Å². The van der Waals surface area contributed by atoms with Crippen LogP contribution in [-0.4, -0.2) is 27.3 Å². The van der Waals surface area contributed by atoms with E-state index in [2.05, 4.69) is 9.97 Å². The first-order valence-corrected chi connectivity index (χ1v) is 6.19. The Morgan fingerprint density at radius 3 is 2.90 bits per heavy atom. The minimum Gasteiger partial charge on any atom is -0.334 e. The van der Waals surface area contributed by atoms with E-state index in [4.69, 9.17) is 0 Å². The molecule has 6 heteroatoms. The number of halogens is 2. The van der Waals surface area contributed by atoms with Crippen LogP contribution in [0.4, 0.5) is 8.78 Å². The van der Waals surface area contributed by atoms with Crippen LogP contribution in [-0.2, 0) is 13.0 Å². The van der Waals surface area contributed by atoms with Gasteiger partial charge in [0.05, 0.1) is 5.56 Å². The molecule has 0 saturated carbocycles. The second-order valence-corrected chi connectivity index (χ2v) is 4.55. The minimum absolute atomic E-state index is 0.287. The zero-order chi connectivity index (χ0) is 14.1. The molecule has 1 aliphatic rings. The number of rotatable bonds is 1. The van der Waals surface area contributed by atoms with Crippen molar-refractivity contribution in [2.45, 2.75) is 13.0 Å². The quantitative estimate of drug-likeness (QED) is 0.747. The maximum absolute atomic E-state index is 13.6. The molecule has 0 unspecified atom stereocenters. The van der Waals surface area contributed by atoms with E-state index in [-0.39, 0.29) is 5.56 Å².